The van der Waals surface area contributed by atoms with Crippen LogP contribution in [0, 0.1) is 5.92 Å². The summed E-state index contributed by atoms with van der Waals surface area (Å²) in [5.41, 5.74) is 5.72. The molecule has 0 spiro atoms. The average Bonchev–Trinajstić information content (AvgIpc) is 2.80. The van der Waals surface area contributed by atoms with Crippen molar-refractivity contribution in [2.45, 2.75) is 57.8 Å². The van der Waals surface area contributed by atoms with Gasteiger partial charge < -0.3 is 16.0 Å². The number of hydrogen-bond donors (Lipinski definition) is 2. The number of carbonyl (C=O) groups excluding carboxylic acids is 1. The maximum absolute atomic E-state index is 11.3. The molecule has 0 radical (unpaired) electrons. The maximum atomic E-state index is 11.3. The number of hydrogen-bond acceptors (Lipinski definition) is 3. The Kier molecular flexibility index (Phi) is 9.09. The molecule has 6 heteroatoms. The van der Waals surface area contributed by atoms with Crippen molar-refractivity contribution in [3.05, 3.63) is 36.7 Å². The molecule has 1 aliphatic carbocycles. The third-order valence-electron chi connectivity index (χ3n) is 6.14. The maximum Gasteiger partial charge on any atom is 0.346 e. The van der Waals surface area contributed by atoms with Gasteiger partial charge in [-0.1, -0.05) is 50.7 Å². The zero-order chi connectivity index (χ0) is 21.0. The second-order valence-electron chi connectivity index (χ2n) is 8.31. The molecule has 1 aliphatic heterocycles. The second kappa shape index (κ2) is 12.3. The number of benzene rings is 1. The summed E-state index contributed by atoms with van der Waals surface area (Å²) in [6, 6.07) is 6.89. The van der Waals surface area contributed by atoms with Crippen LogP contribution in [-0.4, -0.2) is 41.9 Å². The van der Waals surface area contributed by atoms with Gasteiger partial charge in [0.15, 0.2) is 0 Å². The van der Waals surface area contributed by atoms with E-state index < -0.39 is 6.03 Å². The van der Waals surface area contributed by atoms with Gasteiger partial charge in [-0.25, -0.2) is 4.79 Å². The van der Waals surface area contributed by atoms with Crippen LogP contribution in [0.15, 0.2) is 41.7 Å². The molecule has 3 N–H and O–H groups in total. The number of likely N-dealkylation sites (tertiary alicyclic amines) is 1. The van der Waals surface area contributed by atoms with E-state index in [1.54, 1.807) is 18.5 Å². The number of nitrogens with two attached hydrogens (primary N) is 1. The van der Waals surface area contributed by atoms with Crippen molar-refractivity contribution < 1.29 is 4.79 Å². The summed E-state index contributed by atoms with van der Waals surface area (Å²) in [5.74, 6) is 1.07. The van der Waals surface area contributed by atoms with Crippen LogP contribution in [0.25, 0.3) is 10.8 Å². The van der Waals surface area contributed by atoms with E-state index in [1.807, 2.05) is 18.2 Å². The van der Waals surface area contributed by atoms with E-state index in [-0.39, 0.29) is 0 Å². The highest BCUT2D eigenvalue weighted by molar-refractivity contribution is 6.02. The van der Waals surface area contributed by atoms with Crippen LogP contribution in [-0.2, 0) is 0 Å². The minimum absolute atomic E-state index is 0.494. The summed E-state index contributed by atoms with van der Waals surface area (Å²) in [5, 5.41) is 4.51. The molecule has 1 aromatic carbocycles. The van der Waals surface area contributed by atoms with E-state index in [0.29, 0.717) is 5.69 Å². The van der Waals surface area contributed by atoms with Crippen molar-refractivity contribution in [1.82, 2.24) is 9.88 Å². The Balaban J connectivity index is 0.000000172. The molecule has 6 nitrogen and oxygen atoms in total. The van der Waals surface area contributed by atoms with Gasteiger partial charge in [-0.3, -0.25) is 4.98 Å². The molecule has 1 saturated heterocycles. The molecule has 2 fully saturated rings. The number of pyridine rings is 1. The van der Waals surface area contributed by atoms with Crippen LogP contribution in [0.2, 0.25) is 0 Å². The summed E-state index contributed by atoms with van der Waals surface area (Å²) in [6.45, 7) is 4.16. The number of anilines is 1. The van der Waals surface area contributed by atoms with Crippen LogP contribution < -0.4 is 11.1 Å². The van der Waals surface area contributed by atoms with Gasteiger partial charge in [-0.15, -0.1) is 0 Å². The van der Waals surface area contributed by atoms with Gasteiger partial charge in [0.1, 0.15) is 0 Å². The van der Waals surface area contributed by atoms with Gasteiger partial charge in [-0.2, -0.15) is 4.99 Å². The number of carbonyl (C=O) groups is 1. The number of nitrogens with zero attached hydrogens (tertiary/aromatic N) is 3. The van der Waals surface area contributed by atoms with E-state index in [4.69, 9.17) is 5.73 Å². The third-order valence-corrected chi connectivity index (χ3v) is 6.14. The molecule has 4 rings (SSSR count). The fourth-order valence-corrected chi connectivity index (χ4v) is 4.47. The Morgan fingerprint density at radius 2 is 1.90 bits per heavy atom. The Labute approximate surface area is 180 Å². The molecule has 2 aromatic rings. The first-order valence-electron chi connectivity index (χ1n) is 11.4. The molecular weight excluding hydrogens is 374 g/mol. The molecular formula is C24H35N5O. The predicted molar refractivity (Wildman–Crippen MR) is 125 cm³/mol. The highest BCUT2D eigenvalue weighted by Crippen LogP contribution is 2.26. The zero-order valence-corrected chi connectivity index (χ0v) is 17.9. The molecule has 2 aliphatic rings. The summed E-state index contributed by atoms with van der Waals surface area (Å²) < 4.78 is 0. The first kappa shape index (κ1) is 22.2. The van der Waals surface area contributed by atoms with Gasteiger partial charge in [0, 0.05) is 23.2 Å². The lowest BCUT2D eigenvalue weighted by molar-refractivity contribution is 0.201. The van der Waals surface area contributed by atoms with Crippen LogP contribution >= 0.6 is 0 Å². The van der Waals surface area contributed by atoms with Crippen LogP contribution in [0.5, 0.6) is 0 Å². The van der Waals surface area contributed by atoms with Crippen molar-refractivity contribution in [3.63, 3.8) is 0 Å². The first-order valence-corrected chi connectivity index (χ1v) is 11.4. The van der Waals surface area contributed by atoms with Crippen LogP contribution in [0.4, 0.5) is 10.5 Å². The standard InChI is InChI=1S/C13H25N.C11H10N4O/c1-3-7-13(8-4-1)9-12-14-10-5-2-6-11-14;12-7-14-11(16)15-10-3-1-2-8-6-13-5-4-9(8)10/h13H,1-12H2;1-7H,(H3,12,14,15,16). The van der Waals surface area contributed by atoms with Crippen LogP contribution in [0.3, 0.4) is 0 Å². The first-order chi connectivity index (χ1) is 14.8. The van der Waals surface area contributed by atoms with Gasteiger partial charge in [-0.05, 0) is 56.9 Å². The van der Waals surface area contributed by atoms with Gasteiger partial charge >= 0.3 is 6.03 Å². The van der Waals surface area contributed by atoms with Crippen molar-refractivity contribution in [1.29, 1.82) is 0 Å². The molecule has 1 aromatic heterocycles. The fraction of sp³-hybridized carbons (Fsp3) is 0.542. The van der Waals surface area contributed by atoms with Crippen molar-refractivity contribution >= 4 is 28.8 Å². The van der Waals surface area contributed by atoms with E-state index in [0.717, 1.165) is 23.0 Å². The summed E-state index contributed by atoms with van der Waals surface area (Å²) in [6.07, 6.45) is 17.8. The number of aliphatic imine (C=N–C) groups is 1. The molecule has 0 unspecified atom stereocenters. The predicted octanol–water partition coefficient (Wildman–Crippen LogP) is 5.20. The Morgan fingerprint density at radius 1 is 1.13 bits per heavy atom. The van der Waals surface area contributed by atoms with E-state index in [9.17, 15) is 4.79 Å². The number of urea groups is 1. The van der Waals surface area contributed by atoms with Crippen LogP contribution in [0.1, 0.15) is 57.8 Å². The number of amides is 2. The summed E-state index contributed by atoms with van der Waals surface area (Å²) in [7, 11) is 0. The lowest BCUT2D eigenvalue weighted by Crippen LogP contribution is -2.31. The van der Waals surface area contributed by atoms with Gasteiger partial charge in [0.05, 0.1) is 12.0 Å². The number of nitrogens with one attached hydrogen (secondary N) is 1. The van der Waals surface area contributed by atoms with Gasteiger partial charge in [0.2, 0.25) is 0 Å². The number of rotatable bonds is 4. The number of fused-ring (bicyclic) bond motifs is 1. The lowest BCUT2D eigenvalue weighted by Gasteiger charge is -2.29. The molecule has 0 atom stereocenters. The highest BCUT2D eigenvalue weighted by Gasteiger charge is 2.16. The molecule has 162 valence electrons. The lowest BCUT2D eigenvalue weighted by atomic mass is 9.87. The minimum Gasteiger partial charge on any atom is -0.390 e. The van der Waals surface area contributed by atoms with Gasteiger partial charge in [0.25, 0.3) is 0 Å². The monoisotopic (exact) mass is 409 g/mol. The highest BCUT2D eigenvalue weighted by atomic mass is 16.2. The van der Waals surface area contributed by atoms with E-state index in [1.165, 1.54) is 77.4 Å². The van der Waals surface area contributed by atoms with E-state index >= 15 is 0 Å². The molecule has 0 bridgehead atoms. The number of aromatic nitrogens is 1. The number of piperidine rings is 1. The second-order valence-corrected chi connectivity index (χ2v) is 8.31. The van der Waals surface area contributed by atoms with Crippen molar-refractivity contribution in [2.24, 2.45) is 16.6 Å². The van der Waals surface area contributed by atoms with Crippen molar-refractivity contribution in [3.8, 4) is 0 Å². The van der Waals surface area contributed by atoms with Crippen molar-refractivity contribution in [2.75, 3.05) is 25.0 Å². The smallest absolute Gasteiger partial charge is 0.346 e. The normalized spacial score (nSPS) is 18.1. The largest absolute Gasteiger partial charge is 0.390 e. The third kappa shape index (κ3) is 7.10. The molecule has 2 amide bonds. The quantitative estimate of drug-likeness (QED) is 0.537. The Bertz CT molecular complexity index is 787. The van der Waals surface area contributed by atoms with E-state index in [2.05, 4.69) is 20.2 Å². The molecule has 1 saturated carbocycles. The topological polar surface area (TPSA) is 83.6 Å². The minimum atomic E-state index is -0.494. The Hall–Kier alpha value is -2.47. The summed E-state index contributed by atoms with van der Waals surface area (Å²) >= 11 is 0. The Morgan fingerprint density at radius 3 is 2.67 bits per heavy atom. The summed E-state index contributed by atoms with van der Waals surface area (Å²) in [4.78, 5) is 21.4. The average molecular weight is 410 g/mol. The SMILES string of the molecule is C1CCC(CCN2CCCCC2)CC1.N/C=N\C(=O)Nc1cccc2cnccc12. The molecule has 30 heavy (non-hydrogen) atoms. The fourth-order valence-electron chi connectivity index (χ4n) is 4.47. The zero-order valence-electron chi connectivity index (χ0n) is 17.9. The molecule has 2 heterocycles.